The van der Waals surface area contributed by atoms with Crippen LogP contribution in [0.25, 0.3) is 0 Å². The van der Waals surface area contributed by atoms with Crippen molar-refractivity contribution < 1.29 is 19.1 Å². The van der Waals surface area contributed by atoms with Gasteiger partial charge < -0.3 is 19.7 Å². The van der Waals surface area contributed by atoms with Crippen LogP contribution >= 0.6 is 0 Å². The van der Waals surface area contributed by atoms with E-state index in [-0.39, 0.29) is 30.3 Å². The first-order chi connectivity index (χ1) is 15.1. The second-order valence-electron chi connectivity index (χ2n) is 9.09. The molecule has 1 spiro atoms. The van der Waals surface area contributed by atoms with Gasteiger partial charge >= 0.3 is 12.2 Å². The highest BCUT2D eigenvalue weighted by Gasteiger charge is 2.51. The summed E-state index contributed by atoms with van der Waals surface area (Å²) < 4.78 is 11.1. The second kappa shape index (κ2) is 8.09. The maximum absolute atomic E-state index is 12.3. The fraction of sp³-hybridized carbons (Fsp3) is 0.583. The van der Waals surface area contributed by atoms with Crippen molar-refractivity contribution in [3.8, 4) is 0 Å². The topological polar surface area (TPSA) is 71.1 Å². The number of hydrogen-bond acceptors (Lipinski definition) is 5. The third-order valence-electron chi connectivity index (χ3n) is 7.38. The fourth-order valence-electron chi connectivity index (χ4n) is 5.79. The lowest BCUT2D eigenvalue weighted by Gasteiger charge is -2.44. The summed E-state index contributed by atoms with van der Waals surface area (Å²) in [6.45, 7) is 4.00. The smallest absolute Gasteiger partial charge is 0.410 e. The lowest BCUT2D eigenvalue weighted by Crippen LogP contribution is -2.53. The maximum atomic E-state index is 12.3. The van der Waals surface area contributed by atoms with Crippen LogP contribution in [0.3, 0.4) is 0 Å². The summed E-state index contributed by atoms with van der Waals surface area (Å²) in [5.41, 5.74) is 2.11. The van der Waals surface area contributed by atoms with Crippen molar-refractivity contribution in [2.45, 2.75) is 69.2 Å². The Morgan fingerprint density at radius 3 is 2.71 bits per heavy atom. The Hall–Kier alpha value is -2.70. The molecule has 3 fully saturated rings. The van der Waals surface area contributed by atoms with Crippen molar-refractivity contribution in [2.24, 2.45) is 0 Å². The molecule has 4 aliphatic rings. The summed E-state index contributed by atoms with van der Waals surface area (Å²) in [6.07, 6.45) is 7.12. The van der Waals surface area contributed by atoms with Gasteiger partial charge in [-0.1, -0.05) is 30.3 Å². The van der Waals surface area contributed by atoms with Gasteiger partial charge in [-0.15, -0.1) is 0 Å². The Kier molecular flexibility index (Phi) is 5.28. The summed E-state index contributed by atoms with van der Waals surface area (Å²) >= 11 is 0. The van der Waals surface area contributed by atoms with E-state index in [0.29, 0.717) is 6.61 Å². The number of amides is 2. The Balaban J connectivity index is 1.25. The first-order valence-corrected chi connectivity index (χ1v) is 11.5. The lowest BCUT2D eigenvalue weighted by molar-refractivity contribution is -0.0134. The highest BCUT2D eigenvalue weighted by atomic mass is 16.6. The van der Waals surface area contributed by atoms with E-state index >= 15 is 0 Å². The fourth-order valence-corrected chi connectivity index (χ4v) is 5.79. The third kappa shape index (κ3) is 3.75. The molecule has 3 unspecified atom stereocenters. The summed E-state index contributed by atoms with van der Waals surface area (Å²) in [6, 6.07) is 10.7. The number of alkyl carbamates (subject to hydrolysis) is 1. The van der Waals surface area contributed by atoms with Crippen LogP contribution in [0.1, 0.15) is 44.6 Å². The van der Waals surface area contributed by atoms with Gasteiger partial charge in [-0.25, -0.2) is 9.59 Å². The molecule has 0 saturated carbocycles. The average Bonchev–Trinajstić information content (AvgIpc) is 3.21. The van der Waals surface area contributed by atoms with Crippen LogP contribution in [0.4, 0.5) is 9.59 Å². The van der Waals surface area contributed by atoms with E-state index in [1.54, 1.807) is 0 Å². The molecule has 3 atom stereocenters. The van der Waals surface area contributed by atoms with Gasteiger partial charge in [0.2, 0.25) is 0 Å². The predicted octanol–water partition coefficient (Wildman–Crippen LogP) is 3.45. The zero-order valence-electron chi connectivity index (χ0n) is 18.1. The number of benzene rings is 1. The van der Waals surface area contributed by atoms with Crippen molar-refractivity contribution in [1.82, 2.24) is 15.1 Å². The van der Waals surface area contributed by atoms with E-state index in [4.69, 9.17) is 9.47 Å². The van der Waals surface area contributed by atoms with Crippen LogP contribution in [-0.2, 0) is 15.9 Å². The Labute approximate surface area is 183 Å². The average molecular weight is 426 g/mol. The van der Waals surface area contributed by atoms with Crippen LogP contribution in [0, 0.1) is 0 Å². The second-order valence-corrected chi connectivity index (χ2v) is 9.09. The van der Waals surface area contributed by atoms with Crippen molar-refractivity contribution in [3.05, 3.63) is 47.7 Å². The predicted molar refractivity (Wildman–Crippen MR) is 115 cm³/mol. The molecule has 2 amide bonds. The van der Waals surface area contributed by atoms with Gasteiger partial charge in [0.25, 0.3) is 0 Å². The first kappa shape index (κ1) is 20.2. The van der Waals surface area contributed by atoms with Crippen LogP contribution in [0.5, 0.6) is 0 Å². The molecular formula is C24H31N3O4. The third-order valence-corrected chi connectivity index (χ3v) is 7.38. The highest BCUT2D eigenvalue weighted by molar-refractivity contribution is 5.71. The number of ether oxygens (including phenoxy) is 2. The molecule has 166 valence electrons. The molecule has 4 aliphatic heterocycles. The largest absolute Gasteiger partial charge is 0.450 e. The molecule has 1 aromatic rings. The Morgan fingerprint density at radius 2 is 2.00 bits per heavy atom. The number of carbonyl (C=O) groups is 2. The molecular weight excluding hydrogens is 394 g/mol. The van der Waals surface area contributed by atoms with Gasteiger partial charge in [0, 0.05) is 44.1 Å². The quantitative estimate of drug-likeness (QED) is 0.800. The zero-order chi connectivity index (χ0) is 21.4. The number of likely N-dealkylation sites (tertiary alicyclic amines) is 1. The SMILES string of the molecule is CCOC(=O)N1C2C=C(N3CCC4(CC3)OC(=O)NC4Cc3ccccc3)CC1CC2. The summed E-state index contributed by atoms with van der Waals surface area (Å²) in [4.78, 5) is 28.8. The van der Waals surface area contributed by atoms with Crippen LogP contribution < -0.4 is 5.32 Å². The number of rotatable bonds is 4. The van der Waals surface area contributed by atoms with Crippen LogP contribution in [-0.4, -0.2) is 65.4 Å². The van der Waals surface area contributed by atoms with Crippen LogP contribution in [0.15, 0.2) is 42.1 Å². The minimum absolute atomic E-state index is 0.000344. The Bertz CT molecular complexity index is 863. The van der Waals surface area contributed by atoms with E-state index in [0.717, 1.165) is 51.6 Å². The zero-order valence-corrected chi connectivity index (χ0v) is 18.1. The van der Waals surface area contributed by atoms with Gasteiger partial charge in [-0.05, 0) is 37.8 Å². The molecule has 2 bridgehead atoms. The summed E-state index contributed by atoms with van der Waals surface area (Å²) in [7, 11) is 0. The molecule has 0 radical (unpaired) electrons. The molecule has 7 nitrogen and oxygen atoms in total. The first-order valence-electron chi connectivity index (χ1n) is 11.5. The summed E-state index contributed by atoms with van der Waals surface area (Å²) in [5.74, 6) is 0. The Morgan fingerprint density at radius 1 is 1.23 bits per heavy atom. The number of nitrogens with one attached hydrogen (secondary N) is 1. The number of carbonyl (C=O) groups excluding carboxylic acids is 2. The number of hydrogen-bond donors (Lipinski definition) is 1. The molecule has 31 heavy (non-hydrogen) atoms. The molecule has 0 aromatic heterocycles. The minimum atomic E-state index is -0.436. The maximum Gasteiger partial charge on any atom is 0.410 e. The molecule has 5 rings (SSSR count). The monoisotopic (exact) mass is 425 g/mol. The van der Waals surface area contributed by atoms with Gasteiger partial charge in [-0.2, -0.15) is 0 Å². The van der Waals surface area contributed by atoms with E-state index in [2.05, 4.69) is 28.4 Å². The van der Waals surface area contributed by atoms with Crippen molar-refractivity contribution in [1.29, 1.82) is 0 Å². The van der Waals surface area contributed by atoms with E-state index < -0.39 is 5.60 Å². The van der Waals surface area contributed by atoms with Crippen molar-refractivity contribution in [2.75, 3.05) is 19.7 Å². The lowest BCUT2D eigenvalue weighted by atomic mass is 9.81. The van der Waals surface area contributed by atoms with Gasteiger partial charge in [0.15, 0.2) is 0 Å². The molecule has 7 heteroatoms. The number of piperidine rings is 1. The molecule has 0 aliphatic carbocycles. The number of fused-ring (bicyclic) bond motifs is 2. The molecule has 3 saturated heterocycles. The normalized spacial score (nSPS) is 28.9. The molecule has 1 aromatic carbocycles. The van der Waals surface area contributed by atoms with Crippen LogP contribution in [0.2, 0.25) is 0 Å². The molecule has 4 heterocycles. The van der Waals surface area contributed by atoms with E-state index in [1.807, 2.05) is 30.0 Å². The summed E-state index contributed by atoms with van der Waals surface area (Å²) in [5, 5.41) is 3.06. The highest BCUT2D eigenvalue weighted by Crippen LogP contribution is 2.40. The van der Waals surface area contributed by atoms with Gasteiger partial charge in [0.05, 0.1) is 18.7 Å². The van der Waals surface area contributed by atoms with Crippen molar-refractivity contribution >= 4 is 12.2 Å². The van der Waals surface area contributed by atoms with E-state index in [9.17, 15) is 9.59 Å². The molecule has 1 N–H and O–H groups in total. The van der Waals surface area contributed by atoms with Gasteiger partial charge in [0.1, 0.15) is 5.60 Å². The van der Waals surface area contributed by atoms with Crippen molar-refractivity contribution in [3.63, 3.8) is 0 Å². The standard InChI is InChI=1S/C24H31N3O4/c1-2-30-23(29)27-18-8-9-19(27)16-20(15-18)26-12-10-24(11-13-26)21(25-22(28)31-24)14-17-6-4-3-5-7-17/h3-7,15,18-19,21H,2,8-14,16H2,1H3,(H,25,28). The minimum Gasteiger partial charge on any atom is -0.450 e. The number of nitrogens with zero attached hydrogens (tertiary/aromatic N) is 2. The van der Waals surface area contributed by atoms with Gasteiger partial charge in [-0.3, -0.25) is 4.90 Å². The van der Waals surface area contributed by atoms with E-state index in [1.165, 1.54) is 11.3 Å².